The lowest BCUT2D eigenvalue weighted by Crippen LogP contribution is -2.60. The summed E-state index contributed by atoms with van der Waals surface area (Å²) in [5, 5.41) is 10.4. The summed E-state index contributed by atoms with van der Waals surface area (Å²) in [5.41, 5.74) is 4.88. The van der Waals surface area contributed by atoms with Gasteiger partial charge in [0.1, 0.15) is 5.69 Å². The molecule has 1 aliphatic rings. The van der Waals surface area contributed by atoms with Gasteiger partial charge in [-0.1, -0.05) is 26.8 Å². The molecule has 3 heterocycles. The number of ether oxygens (including phenoxy) is 1. The lowest BCUT2D eigenvalue weighted by molar-refractivity contribution is -0.116. The van der Waals surface area contributed by atoms with Crippen molar-refractivity contribution >= 4 is 23.2 Å². The van der Waals surface area contributed by atoms with Crippen LogP contribution in [0.3, 0.4) is 0 Å². The zero-order valence-corrected chi connectivity index (χ0v) is 28.0. The van der Waals surface area contributed by atoms with Crippen LogP contribution < -0.4 is 10.6 Å². The summed E-state index contributed by atoms with van der Waals surface area (Å²) in [7, 11) is 4.13. The molecule has 1 fully saturated rings. The maximum Gasteiger partial charge on any atom is 0.274 e. The number of aryl methyl sites for hydroxylation is 2. The molecule has 3 aromatic rings. The van der Waals surface area contributed by atoms with Crippen LogP contribution >= 0.6 is 0 Å². The fourth-order valence-corrected chi connectivity index (χ4v) is 5.85. The minimum atomic E-state index is -0.294. The van der Waals surface area contributed by atoms with Gasteiger partial charge in [-0.3, -0.25) is 24.2 Å². The maximum absolute atomic E-state index is 12.8. The predicted molar refractivity (Wildman–Crippen MR) is 176 cm³/mol. The Balaban J connectivity index is 1.21. The van der Waals surface area contributed by atoms with Gasteiger partial charge in [-0.25, -0.2) is 0 Å². The SMILES string of the molecule is CN1C(C)(C)CC(OCc2ccc(C(=O)Nc3ccc(NC(=O)CCCc4cc(C(C)(C)C)nn4C)cc3)nc2)CC1(C)C. The van der Waals surface area contributed by atoms with E-state index in [0.717, 1.165) is 42.6 Å². The van der Waals surface area contributed by atoms with Crippen molar-refractivity contribution in [1.29, 1.82) is 0 Å². The molecule has 2 N–H and O–H groups in total. The smallest absolute Gasteiger partial charge is 0.274 e. The van der Waals surface area contributed by atoms with Gasteiger partial charge in [0, 0.05) is 53.2 Å². The minimum Gasteiger partial charge on any atom is -0.373 e. The van der Waals surface area contributed by atoms with E-state index < -0.39 is 0 Å². The number of amides is 2. The number of carbonyl (C=O) groups is 2. The summed E-state index contributed by atoms with van der Waals surface area (Å²) in [4.78, 5) is 32.1. The van der Waals surface area contributed by atoms with Crippen LogP contribution in [0.25, 0.3) is 0 Å². The molecule has 0 saturated carbocycles. The van der Waals surface area contributed by atoms with Crippen molar-refractivity contribution in [3.8, 4) is 0 Å². The number of aromatic nitrogens is 3. The van der Waals surface area contributed by atoms with Crippen molar-refractivity contribution in [1.82, 2.24) is 19.7 Å². The highest BCUT2D eigenvalue weighted by Gasteiger charge is 2.43. The van der Waals surface area contributed by atoms with Gasteiger partial charge in [0.15, 0.2) is 0 Å². The Morgan fingerprint density at radius 1 is 0.955 bits per heavy atom. The highest BCUT2D eigenvalue weighted by molar-refractivity contribution is 6.03. The van der Waals surface area contributed by atoms with Crippen molar-refractivity contribution in [3.05, 3.63) is 71.3 Å². The van der Waals surface area contributed by atoms with Gasteiger partial charge in [-0.15, -0.1) is 0 Å². The number of hydrogen-bond acceptors (Lipinski definition) is 6. The average Bonchev–Trinajstić information content (AvgIpc) is 3.32. The Labute approximate surface area is 262 Å². The van der Waals surface area contributed by atoms with Gasteiger partial charge in [-0.2, -0.15) is 5.10 Å². The normalized spacial score (nSPS) is 16.9. The molecule has 0 spiro atoms. The standard InChI is InChI=1S/C35H50N6O3/c1-33(2,3)30-19-27(40(8)39-30)11-10-12-31(42)37-25-14-16-26(17-15-25)38-32(43)29-18-13-24(22-36-29)23-44-28-20-34(4,5)41(9)35(6,7)21-28/h13-19,22,28H,10-12,20-21,23H2,1-9H3,(H,37,42)(H,38,43). The fraction of sp³-hybridized carbons (Fsp3) is 0.543. The van der Waals surface area contributed by atoms with Gasteiger partial charge in [0.05, 0.1) is 18.4 Å². The average molecular weight is 603 g/mol. The molecule has 44 heavy (non-hydrogen) atoms. The van der Waals surface area contributed by atoms with Crippen LogP contribution in [-0.2, 0) is 35.0 Å². The number of nitrogens with zero attached hydrogens (tertiary/aromatic N) is 4. The van der Waals surface area contributed by atoms with Crippen LogP contribution in [0.15, 0.2) is 48.7 Å². The van der Waals surface area contributed by atoms with Crippen molar-refractivity contribution in [2.24, 2.45) is 7.05 Å². The second-order valence-corrected chi connectivity index (χ2v) is 14.4. The summed E-state index contributed by atoms with van der Waals surface area (Å²) in [6.45, 7) is 15.9. The van der Waals surface area contributed by atoms with Gasteiger partial charge in [-0.05, 0) is 102 Å². The van der Waals surface area contributed by atoms with Gasteiger partial charge < -0.3 is 15.4 Å². The molecule has 9 heteroatoms. The molecule has 0 unspecified atom stereocenters. The predicted octanol–water partition coefficient (Wildman–Crippen LogP) is 6.49. The Morgan fingerprint density at radius 2 is 1.57 bits per heavy atom. The Bertz CT molecular complexity index is 1420. The molecule has 9 nitrogen and oxygen atoms in total. The second kappa shape index (κ2) is 13.2. The number of hydrogen-bond donors (Lipinski definition) is 2. The van der Waals surface area contributed by atoms with E-state index in [2.05, 4.69) is 87.2 Å². The number of nitrogens with one attached hydrogen (secondary N) is 2. The van der Waals surface area contributed by atoms with E-state index in [9.17, 15) is 9.59 Å². The monoisotopic (exact) mass is 602 g/mol. The first-order chi connectivity index (χ1) is 20.5. The van der Waals surface area contributed by atoms with Crippen molar-refractivity contribution in [3.63, 3.8) is 0 Å². The van der Waals surface area contributed by atoms with Gasteiger partial charge in [0.25, 0.3) is 5.91 Å². The molecule has 2 aromatic heterocycles. The number of anilines is 2. The Kier molecular flexibility index (Phi) is 10.0. The second-order valence-electron chi connectivity index (χ2n) is 14.4. The van der Waals surface area contributed by atoms with E-state index in [1.165, 1.54) is 0 Å². The summed E-state index contributed by atoms with van der Waals surface area (Å²) in [6, 6.07) is 12.8. The molecular weight excluding hydrogens is 552 g/mol. The number of likely N-dealkylation sites (tertiary alicyclic amines) is 1. The summed E-state index contributed by atoms with van der Waals surface area (Å²) >= 11 is 0. The molecule has 0 radical (unpaired) electrons. The summed E-state index contributed by atoms with van der Waals surface area (Å²) < 4.78 is 8.19. The lowest BCUT2D eigenvalue weighted by Gasteiger charge is -2.53. The molecule has 1 aromatic carbocycles. The number of benzene rings is 1. The van der Waals surface area contributed by atoms with E-state index in [1.807, 2.05) is 17.8 Å². The van der Waals surface area contributed by atoms with Crippen LogP contribution in [0.5, 0.6) is 0 Å². The molecule has 0 aliphatic carbocycles. The third kappa shape index (κ3) is 8.54. The number of carbonyl (C=O) groups excluding carboxylic acids is 2. The zero-order valence-electron chi connectivity index (χ0n) is 28.0. The minimum absolute atomic E-state index is 0.00249. The summed E-state index contributed by atoms with van der Waals surface area (Å²) in [6.07, 6.45) is 5.73. The third-order valence-corrected chi connectivity index (χ3v) is 8.82. The van der Waals surface area contributed by atoms with E-state index in [1.54, 1.807) is 36.5 Å². The van der Waals surface area contributed by atoms with Crippen LogP contribution in [0, 0.1) is 0 Å². The third-order valence-electron chi connectivity index (χ3n) is 8.82. The first-order valence-electron chi connectivity index (χ1n) is 15.6. The quantitative estimate of drug-likeness (QED) is 0.275. The molecular formula is C35H50N6O3. The van der Waals surface area contributed by atoms with Crippen molar-refractivity contribution < 1.29 is 14.3 Å². The molecule has 4 rings (SSSR count). The van der Waals surface area contributed by atoms with Crippen molar-refractivity contribution in [2.75, 3.05) is 17.7 Å². The Hall–Kier alpha value is -3.56. The zero-order chi connectivity index (χ0) is 32.3. The highest BCUT2D eigenvalue weighted by atomic mass is 16.5. The molecule has 1 saturated heterocycles. The molecule has 0 atom stereocenters. The van der Waals surface area contributed by atoms with Crippen molar-refractivity contribution in [2.45, 2.75) is 110 Å². The van der Waals surface area contributed by atoms with Gasteiger partial charge in [0.2, 0.25) is 5.91 Å². The fourth-order valence-electron chi connectivity index (χ4n) is 5.85. The number of pyridine rings is 1. The van der Waals surface area contributed by atoms with Crippen LogP contribution in [0.2, 0.25) is 0 Å². The van der Waals surface area contributed by atoms with Crippen LogP contribution in [-0.4, -0.2) is 55.7 Å². The largest absolute Gasteiger partial charge is 0.373 e. The molecule has 0 bridgehead atoms. The van der Waals surface area contributed by atoms with E-state index in [4.69, 9.17) is 4.74 Å². The maximum atomic E-state index is 12.8. The molecule has 238 valence electrons. The molecule has 2 amide bonds. The van der Waals surface area contributed by atoms with E-state index >= 15 is 0 Å². The van der Waals surface area contributed by atoms with Gasteiger partial charge >= 0.3 is 0 Å². The topological polar surface area (TPSA) is 101 Å². The van der Waals surface area contributed by atoms with Crippen LogP contribution in [0.1, 0.15) is 102 Å². The first kappa shape index (κ1) is 33.3. The first-order valence-corrected chi connectivity index (χ1v) is 15.6. The molecule has 1 aliphatic heterocycles. The Morgan fingerprint density at radius 3 is 2.11 bits per heavy atom. The van der Waals surface area contributed by atoms with E-state index in [0.29, 0.717) is 30.1 Å². The lowest BCUT2D eigenvalue weighted by atomic mass is 9.79. The summed E-state index contributed by atoms with van der Waals surface area (Å²) in [5.74, 6) is -0.339. The number of rotatable bonds is 10. The number of piperidine rings is 1. The van der Waals surface area contributed by atoms with E-state index in [-0.39, 0.29) is 34.4 Å². The highest BCUT2D eigenvalue weighted by Crippen LogP contribution is 2.38. The van der Waals surface area contributed by atoms with Crippen LogP contribution in [0.4, 0.5) is 11.4 Å².